The van der Waals surface area contributed by atoms with Crippen molar-refractivity contribution in [3.05, 3.63) is 64.7 Å². The Kier molecular flexibility index (Phi) is 6.58. The van der Waals surface area contributed by atoms with Crippen LogP contribution in [0.15, 0.2) is 48.0 Å². The maximum atomic E-state index is 12.9. The lowest BCUT2D eigenvalue weighted by Gasteiger charge is -2.25. The van der Waals surface area contributed by atoms with Crippen LogP contribution in [-0.4, -0.2) is 54.5 Å². The second-order valence-electron chi connectivity index (χ2n) is 6.89. The number of carboxylic acid groups (broad SMARTS) is 1. The number of allylic oxidation sites excluding steroid dienone is 1. The quantitative estimate of drug-likeness (QED) is 0.469. The fraction of sp³-hybridized carbons (Fsp3) is 0.217. The molecule has 32 heavy (non-hydrogen) atoms. The van der Waals surface area contributed by atoms with Crippen molar-refractivity contribution in [2.75, 3.05) is 20.8 Å². The van der Waals surface area contributed by atoms with Crippen LogP contribution in [0, 0.1) is 0 Å². The maximum absolute atomic E-state index is 12.9. The molecule has 0 fully saturated rings. The van der Waals surface area contributed by atoms with Gasteiger partial charge >= 0.3 is 11.9 Å². The minimum atomic E-state index is -1.18. The molecule has 9 heteroatoms. The monoisotopic (exact) mass is 440 g/mol. The van der Waals surface area contributed by atoms with Gasteiger partial charge in [0.1, 0.15) is 5.76 Å². The number of ether oxygens (including phenoxy) is 3. The van der Waals surface area contributed by atoms with Crippen molar-refractivity contribution in [3.63, 3.8) is 0 Å². The summed E-state index contributed by atoms with van der Waals surface area (Å²) in [5.41, 5.74) is 0.387. The van der Waals surface area contributed by atoms with E-state index in [1.54, 1.807) is 12.1 Å². The van der Waals surface area contributed by atoms with Gasteiger partial charge in [-0.25, -0.2) is 4.79 Å². The Hall–Kier alpha value is -4.14. The number of hydrogen-bond acceptors (Lipinski definition) is 8. The van der Waals surface area contributed by atoms with E-state index in [4.69, 9.17) is 19.3 Å². The Labute approximate surface area is 182 Å². The highest BCUT2D eigenvalue weighted by Gasteiger charge is 2.38. The molecule has 3 rings (SSSR count). The minimum Gasteiger partial charge on any atom is -0.507 e. The summed E-state index contributed by atoms with van der Waals surface area (Å²) in [5, 5.41) is 19.7. The van der Waals surface area contributed by atoms with Crippen LogP contribution in [0.5, 0.6) is 11.5 Å². The number of benzene rings is 2. The van der Waals surface area contributed by atoms with Crippen LogP contribution in [0.4, 0.5) is 0 Å². The first-order valence-electron chi connectivity index (χ1n) is 9.49. The van der Waals surface area contributed by atoms with E-state index in [0.29, 0.717) is 5.56 Å². The highest BCUT2D eigenvalue weighted by atomic mass is 16.5. The lowest BCUT2D eigenvalue weighted by atomic mass is 9.78. The minimum absolute atomic E-state index is 0.0746. The number of Topliss-reactive ketones (excluding diaryl/α,β-unsaturated/α-hetero) is 2. The number of carbonyl (C=O) groups is 4. The average molecular weight is 440 g/mol. The first-order valence-corrected chi connectivity index (χ1v) is 9.49. The van der Waals surface area contributed by atoms with Crippen LogP contribution in [0.1, 0.15) is 33.8 Å². The summed E-state index contributed by atoms with van der Waals surface area (Å²) in [4.78, 5) is 48.5. The summed E-state index contributed by atoms with van der Waals surface area (Å²) in [6.07, 6.45) is -0.338. The molecule has 0 bridgehead atoms. The van der Waals surface area contributed by atoms with Crippen molar-refractivity contribution < 1.29 is 43.6 Å². The molecule has 0 saturated heterocycles. The highest BCUT2D eigenvalue weighted by molar-refractivity contribution is 6.52. The Morgan fingerprint density at radius 1 is 0.969 bits per heavy atom. The predicted molar refractivity (Wildman–Crippen MR) is 111 cm³/mol. The predicted octanol–water partition coefficient (Wildman–Crippen LogP) is 2.54. The SMILES string of the molecule is COC(=O)CC(C1=C(O)c2ccccc2C(=O)C1=O)c1ccc(OCC(=O)O)c(OC)c1. The third-order valence-electron chi connectivity index (χ3n) is 5.02. The van der Waals surface area contributed by atoms with Gasteiger partial charge in [-0.3, -0.25) is 14.4 Å². The number of aliphatic carboxylic acids is 1. The third-order valence-corrected chi connectivity index (χ3v) is 5.02. The Morgan fingerprint density at radius 3 is 2.28 bits per heavy atom. The molecule has 1 aliphatic rings. The number of methoxy groups -OCH3 is 2. The number of fused-ring (bicyclic) bond motifs is 1. The number of hydrogen-bond donors (Lipinski definition) is 2. The first kappa shape index (κ1) is 22.5. The number of esters is 1. The zero-order valence-corrected chi connectivity index (χ0v) is 17.3. The molecule has 1 unspecified atom stereocenters. The van der Waals surface area contributed by atoms with Crippen LogP contribution in [-0.2, 0) is 19.1 Å². The van der Waals surface area contributed by atoms with E-state index in [2.05, 4.69) is 0 Å². The standard InChI is InChI=1S/C23H20O9/c1-30-17-9-12(7-8-16(17)32-11-18(24)25)15(10-19(26)31-2)20-21(27)13-5-3-4-6-14(13)22(28)23(20)29/h3-9,15,27H,10-11H2,1-2H3,(H,24,25). The van der Waals surface area contributed by atoms with Crippen molar-refractivity contribution in [1.82, 2.24) is 0 Å². The molecule has 1 aliphatic carbocycles. The van der Waals surface area contributed by atoms with E-state index in [-0.39, 0.29) is 34.6 Å². The summed E-state index contributed by atoms with van der Waals surface area (Å²) in [6.45, 7) is -0.600. The van der Waals surface area contributed by atoms with Crippen LogP contribution in [0.3, 0.4) is 0 Å². The van der Waals surface area contributed by atoms with Gasteiger partial charge in [-0.1, -0.05) is 30.3 Å². The van der Waals surface area contributed by atoms with Crippen LogP contribution in [0.25, 0.3) is 5.76 Å². The average Bonchev–Trinajstić information content (AvgIpc) is 2.80. The second kappa shape index (κ2) is 9.34. The van der Waals surface area contributed by atoms with Crippen LogP contribution in [0.2, 0.25) is 0 Å². The van der Waals surface area contributed by atoms with E-state index in [1.165, 1.54) is 44.6 Å². The molecule has 0 saturated carbocycles. The van der Waals surface area contributed by atoms with Gasteiger partial charge in [0, 0.05) is 17.0 Å². The van der Waals surface area contributed by atoms with Gasteiger partial charge in [0.2, 0.25) is 11.6 Å². The Morgan fingerprint density at radius 2 is 1.66 bits per heavy atom. The van der Waals surface area contributed by atoms with Crippen molar-refractivity contribution >= 4 is 29.3 Å². The molecule has 0 spiro atoms. The van der Waals surface area contributed by atoms with Gasteiger partial charge in [-0.2, -0.15) is 0 Å². The number of carbonyl (C=O) groups excluding carboxylic acids is 3. The Balaban J connectivity index is 2.14. The second-order valence-corrected chi connectivity index (χ2v) is 6.89. The summed E-state index contributed by atoms with van der Waals surface area (Å²) in [5.74, 6) is -4.73. The molecule has 0 aliphatic heterocycles. The van der Waals surface area contributed by atoms with E-state index in [9.17, 15) is 24.3 Å². The summed E-state index contributed by atoms with van der Waals surface area (Å²) in [6, 6.07) is 10.5. The molecule has 2 N–H and O–H groups in total. The summed E-state index contributed by atoms with van der Waals surface area (Å²) >= 11 is 0. The zero-order chi connectivity index (χ0) is 23.4. The highest BCUT2D eigenvalue weighted by Crippen LogP contribution is 2.40. The van der Waals surface area contributed by atoms with Crippen molar-refractivity contribution in [3.8, 4) is 11.5 Å². The number of carboxylic acids is 1. The third kappa shape index (κ3) is 4.31. The van der Waals surface area contributed by atoms with Crippen molar-refractivity contribution in [2.24, 2.45) is 0 Å². The van der Waals surface area contributed by atoms with Gasteiger partial charge in [0.15, 0.2) is 18.1 Å². The molecule has 0 amide bonds. The summed E-state index contributed by atoms with van der Waals surface area (Å²) < 4.78 is 15.2. The van der Waals surface area contributed by atoms with E-state index < -0.39 is 41.8 Å². The molecule has 0 aromatic heterocycles. The number of aliphatic hydroxyl groups excluding tert-OH is 1. The Bertz CT molecular complexity index is 1130. The van der Waals surface area contributed by atoms with Crippen LogP contribution >= 0.6 is 0 Å². The first-order chi connectivity index (χ1) is 15.3. The summed E-state index contributed by atoms with van der Waals surface area (Å²) in [7, 11) is 2.52. The molecular weight excluding hydrogens is 420 g/mol. The largest absolute Gasteiger partial charge is 0.507 e. The van der Waals surface area contributed by atoms with Gasteiger partial charge in [-0.15, -0.1) is 0 Å². The molecule has 166 valence electrons. The molecule has 1 atom stereocenters. The van der Waals surface area contributed by atoms with Gasteiger partial charge < -0.3 is 24.4 Å². The molecule has 2 aromatic carbocycles. The zero-order valence-electron chi connectivity index (χ0n) is 17.3. The molecule has 0 radical (unpaired) electrons. The molecule has 2 aromatic rings. The van der Waals surface area contributed by atoms with Crippen LogP contribution < -0.4 is 9.47 Å². The van der Waals surface area contributed by atoms with Crippen molar-refractivity contribution in [2.45, 2.75) is 12.3 Å². The number of aliphatic hydroxyl groups is 1. The van der Waals surface area contributed by atoms with Crippen molar-refractivity contribution in [1.29, 1.82) is 0 Å². The fourth-order valence-electron chi connectivity index (χ4n) is 3.50. The van der Waals surface area contributed by atoms with E-state index in [1.807, 2.05) is 0 Å². The molecule has 9 nitrogen and oxygen atoms in total. The fourth-order valence-corrected chi connectivity index (χ4v) is 3.50. The van der Waals surface area contributed by atoms with E-state index >= 15 is 0 Å². The number of ketones is 2. The smallest absolute Gasteiger partial charge is 0.341 e. The molecule has 0 heterocycles. The normalized spacial score (nSPS) is 13.9. The lowest BCUT2D eigenvalue weighted by Crippen LogP contribution is -2.28. The maximum Gasteiger partial charge on any atom is 0.341 e. The lowest BCUT2D eigenvalue weighted by molar-refractivity contribution is -0.141. The topological polar surface area (TPSA) is 136 Å². The van der Waals surface area contributed by atoms with Gasteiger partial charge in [0.05, 0.1) is 26.2 Å². The molecular formula is C23H20O9. The number of rotatable bonds is 8. The van der Waals surface area contributed by atoms with E-state index in [0.717, 1.165) is 0 Å². The van der Waals surface area contributed by atoms with Gasteiger partial charge in [0.25, 0.3) is 0 Å². The van der Waals surface area contributed by atoms with Gasteiger partial charge in [-0.05, 0) is 17.7 Å².